The van der Waals surface area contributed by atoms with E-state index in [2.05, 4.69) is 5.16 Å². The minimum atomic E-state index is -0.468. The molecule has 106 valence electrons. The number of aromatic nitrogens is 1. The van der Waals surface area contributed by atoms with E-state index in [1.807, 2.05) is 20.8 Å². The number of carbonyl (C=O) groups is 1. The summed E-state index contributed by atoms with van der Waals surface area (Å²) in [6, 6.07) is 1.54. The fourth-order valence-electron chi connectivity index (χ4n) is 2.14. The highest BCUT2D eigenvalue weighted by molar-refractivity contribution is 5.68. The van der Waals surface area contributed by atoms with Crippen LogP contribution in [0.15, 0.2) is 10.6 Å². The van der Waals surface area contributed by atoms with E-state index >= 15 is 0 Å². The third kappa shape index (κ3) is 3.62. The van der Waals surface area contributed by atoms with E-state index in [0.717, 1.165) is 12.8 Å². The van der Waals surface area contributed by atoms with Gasteiger partial charge in [-0.05, 0) is 38.8 Å². The molecule has 0 aliphatic carbocycles. The summed E-state index contributed by atoms with van der Waals surface area (Å²) in [5.41, 5.74) is -0.468. The molecule has 1 aliphatic rings. The Bertz CT molecular complexity index is 442. The van der Waals surface area contributed by atoms with Gasteiger partial charge in [-0.3, -0.25) is 0 Å². The SMILES string of the molecule is CC(C)(C)OC(=O)N1CCC(c2cc(O)no2)CC1. The predicted molar refractivity (Wildman–Crippen MR) is 67.9 cm³/mol. The Labute approximate surface area is 112 Å². The van der Waals surface area contributed by atoms with Crippen LogP contribution in [0.3, 0.4) is 0 Å². The molecule has 1 aromatic rings. The summed E-state index contributed by atoms with van der Waals surface area (Å²) in [5.74, 6) is 0.790. The average Bonchev–Trinajstić information content (AvgIpc) is 2.74. The highest BCUT2D eigenvalue weighted by Gasteiger charge is 2.29. The van der Waals surface area contributed by atoms with Crippen molar-refractivity contribution < 1.29 is 19.2 Å². The smallest absolute Gasteiger partial charge is 0.410 e. The standard InChI is InChI=1S/C13H20N2O4/c1-13(2,3)18-12(17)15-6-4-9(5-7-15)10-8-11(16)14-19-10/h8-9H,4-7H2,1-3H3,(H,14,16). The van der Waals surface area contributed by atoms with Crippen LogP contribution < -0.4 is 0 Å². The number of hydrogen-bond donors (Lipinski definition) is 1. The maximum atomic E-state index is 11.9. The number of likely N-dealkylation sites (tertiary alicyclic amines) is 1. The zero-order valence-electron chi connectivity index (χ0n) is 11.5. The Balaban J connectivity index is 1.87. The number of nitrogens with zero attached hydrogens (tertiary/aromatic N) is 2. The van der Waals surface area contributed by atoms with Crippen LogP contribution in [0.1, 0.15) is 45.3 Å². The van der Waals surface area contributed by atoms with Gasteiger partial charge >= 0.3 is 6.09 Å². The number of ether oxygens (including phenoxy) is 1. The van der Waals surface area contributed by atoms with Gasteiger partial charge in [0.1, 0.15) is 11.4 Å². The molecule has 19 heavy (non-hydrogen) atoms. The molecule has 1 aliphatic heterocycles. The molecule has 0 unspecified atom stereocenters. The molecule has 0 bridgehead atoms. The molecular formula is C13H20N2O4. The van der Waals surface area contributed by atoms with Gasteiger partial charge in [0.2, 0.25) is 0 Å². The van der Waals surface area contributed by atoms with Crippen LogP contribution in [-0.2, 0) is 4.74 Å². The second-order valence-corrected chi connectivity index (χ2v) is 5.83. The van der Waals surface area contributed by atoms with Crippen LogP contribution in [0.25, 0.3) is 0 Å². The highest BCUT2D eigenvalue weighted by atomic mass is 16.6. The molecule has 0 spiro atoms. The zero-order chi connectivity index (χ0) is 14.0. The molecule has 2 rings (SSSR count). The molecule has 0 radical (unpaired) electrons. The number of aromatic hydroxyl groups is 1. The molecule has 1 amide bonds. The molecule has 0 aromatic carbocycles. The first-order valence-electron chi connectivity index (χ1n) is 6.48. The maximum Gasteiger partial charge on any atom is 0.410 e. The summed E-state index contributed by atoms with van der Waals surface area (Å²) in [6.07, 6.45) is 1.30. The van der Waals surface area contributed by atoms with Crippen LogP contribution in [-0.4, -0.2) is 39.9 Å². The van der Waals surface area contributed by atoms with Crippen molar-refractivity contribution >= 4 is 6.09 Å². The van der Waals surface area contributed by atoms with Gasteiger partial charge in [-0.15, -0.1) is 0 Å². The van der Waals surface area contributed by atoms with Gasteiger partial charge in [-0.25, -0.2) is 4.79 Å². The van der Waals surface area contributed by atoms with Crippen molar-refractivity contribution in [2.45, 2.75) is 45.1 Å². The lowest BCUT2D eigenvalue weighted by Crippen LogP contribution is -2.41. The van der Waals surface area contributed by atoms with Crippen molar-refractivity contribution in [3.8, 4) is 5.88 Å². The van der Waals surface area contributed by atoms with Crippen LogP contribution in [0.2, 0.25) is 0 Å². The summed E-state index contributed by atoms with van der Waals surface area (Å²) in [6.45, 7) is 6.82. The topological polar surface area (TPSA) is 75.8 Å². The van der Waals surface area contributed by atoms with Crippen LogP contribution >= 0.6 is 0 Å². The van der Waals surface area contributed by atoms with Gasteiger partial charge in [-0.1, -0.05) is 0 Å². The van der Waals surface area contributed by atoms with Gasteiger partial charge < -0.3 is 19.3 Å². The molecule has 1 fully saturated rings. The Morgan fingerprint density at radius 1 is 1.47 bits per heavy atom. The van der Waals surface area contributed by atoms with Crippen molar-refractivity contribution in [2.75, 3.05) is 13.1 Å². The molecule has 6 nitrogen and oxygen atoms in total. The van der Waals surface area contributed by atoms with Crippen molar-refractivity contribution in [1.82, 2.24) is 10.1 Å². The third-order valence-corrected chi connectivity index (χ3v) is 3.06. The molecule has 1 saturated heterocycles. The van der Waals surface area contributed by atoms with Crippen molar-refractivity contribution in [3.63, 3.8) is 0 Å². The summed E-state index contributed by atoms with van der Waals surface area (Å²) in [7, 11) is 0. The Morgan fingerprint density at radius 3 is 2.58 bits per heavy atom. The third-order valence-electron chi connectivity index (χ3n) is 3.06. The monoisotopic (exact) mass is 268 g/mol. The summed E-state index contributed by atoms with van der Waals surface area (Å²) < 4.78 is 10.4. The lowest BCUT2D eigenvalue weighted by Gasteiger charge is -2.32. The van der Waals surface area contributed by atoms with Gasteiger partial charge in [0.25, 0.3) is 5.88 Å². The van der Waals surface area contributed by atoms with E-state index in [-0.39, 0.29) is 17.9 Å². The fourth-order valence-corrected chi connectivity index (χ4v) is 2.14. The summed E-state index contributed by atoms with van der Waals surface area (Å²) in [4.78, 5) is 13.6. The van der Waals surface area contributed by atoms with Crippen LogP contribution in [0.4, 0.5) is 4.79 Å². The van der Waals surface area contributed by atoms with Gasteiger partial charge in [0.15, 0.2) is 0 Å². The first-order valence-corrected chi connectivity index (χ1v) is 6.48. The molecule has 1 aromatic heterocycles. The van der Waals surface area contributed by atoms with Crippen molar-refractivity contribution in [3.05, 3.63) is 11.8 Å². The summed E-state index contributed by atoms with van der Waals surface area (Å²) in [5, 5.41) is 12.6. The van der Waals surface area contributed by atoms with Crippen molar-refractivity contribution in [1.29, 1.82) is 0 Å². The second-order valence-electron chi connectivity index (χ2n) is 5.83. The van der Waals surface area contributed by atoms with E-state index < -0.39 is 5.60 Å². The second kappa shape index (κ2) is 5.11. The highest BCUT2D eigenvalue weighted by Crippen LogP contribution is 2.30. The first kappa shape index (κ1) is 13.7. The molecule has 2 heterocycles. The summed E-state index contributed by atoms with van der Waals surface area (Å²) >= 11 is 0. The minimum absolute atomic E-state index is 0.0930. The molecule has 0 atom stereocenters. The number of rotatable bonds is 1. The van der Waals surface area contributed by atoms with Crippen LogP contribution in [0.5, 0.6) is 5.88 Å². The lowest BCUT2D eigenvalue weighted by molar-refractivity contribution is 0.0199. The van der Waals surface area contributed by atoms with E-state index in [1.165, 1.54) is 6.07 Å². The van der Waals surface area contributed by atoms with Crippen LogP contribution in [0, 0.1) is 0 Å². The molecular weight excluding hydrogens is 248 g/mol. The molecule has 6 heteroatoms. The largest absolute Gasteiger partial charge is 0.491 e. The number of piperidine rings is 1. The minimum Gasteiger partial charge on any atom is -0.491 e. The van der Waals surface area contributed by atoms with Gasteiger partial charge in [-0.2, -0.15) is 0 Å². The predicted octanol–water partition coefficient (Wildman–Crippen LogP) is 2.49. The fraction of sp³-hybridized carbons (Fsp3) is 0.692. The zero-order valence-corrected chi connectivity index (χ0v) is 11.5. The van der Waals surface area contributed by atoms with Gasteiger partial charge in [0, 0.05) is 25.1 Å². The molecule has 0 saturated carbocycles. The number of amides is 1. The lowest BCUT2D eigenvalue weighted by atomic mass is 9.94. The first-order chi connectivity index (χ1) is 8.85. The van der Waals surface area contributed by atoms with E-state index in [0.29, 0.717) is 18.8 Å². The Hall–Kier alpha value is -1.72. The van der Waals surface area contributed by atoms with Crippen molar-refractivity contribution in [2.24, 2.45) is 0 Å². The number of hydrogen-bond acceptors (Lipinski definition) is 5. The molecule has 1 N–H and O–H groups in total. The maximum absolute atomic E-state index is 11.9. The Morgan fingerprint density at radius 2 is 2.11 bits per heavy atom. The van der Waals surface area contributed by atoms with Gasteiger partial charge in [0.05, 0.1) is 0 Å². The quantitative estimate of drug-likeness (QED) is 0.846. The normalized spacial score (nSPS) is 17.5. The average molecular weight is 268 g/mol. The van der Waals surface area contributed by atoms with E-state index in [4.69, 9.17) is 14.4 Å². The number of carbonyl (C=O) groups excluding carboxylic acids is 1. The van der Waals surface area contributed by atoms with E-state index in [9.17, 15) is 4.79 Å². The van der Waals surface area contributed by atoms with E-state index in [1.54, 1.807) is 4.90 Å². The Kier molecular flexibility index (Phi) is 3.68.